The number of carbonyl (C=O) groups excluding carboxylic acids is 6. The summed E-state index contributed by atoms with van der Waals surface area (Å²) in [6, 6.07) is 7.97. The molecule has 2 unspecified atom stereocenters. The molecule has 2 aromatic rings. The Hall–Kier alpha value is -4.80. The second kappa shape index (κ2) is 8.35. The van der Waals surface area contributed by atoms with E-state index in [4.69, 9.17) is 14.9 Å². The molecule has 0 aliphatic heterocycles. The second-order valence-corrected chi connectivity index (χ2v) is 10.2. The van der Waals surface area contributed by atoms with Gasteiger partial charge in [-0.15, -0.1) is 0 Å². The molecule has 0 spiro atoms. The summed E-state index contributed by atoms with van der Waals surface area (Å²) >= 11 is 0. The Kier molecular flexibility index (Phi) is 5.25. The van der Waals surface area contributed by atoms with Gasteiger partial charge in [-0.2, -0.15) is 0 Å². The molecule has 4 aliphatic carbocycles. The first kappa shape index (κ1) is 24.5. The molecule has 0 saturated heterocycles. The monoisotopic (exact) mass is 530 g/mol. The molecule has 196 valence electrons. The molecule has 2 aromatic carbocycles. The normalized spacial score (nSPS) is 28.1. The van der Waals surface area contributed by atoms with E-state index in [-0.39, 0.29) is 46.6 Å². The molecule has 2 N–H and O–H groups in total. The number of carbonyl (C=O) groups is 8. The summed E-state index contributed by atoms with van der Waals surface area (Å²) in [6.45, 7) is 0. The van der Waals surface area contributed by atoms with Crippen LogP contribution in [0.5, 0.6) is 11.5 Å². The second-order valence-electron chi connectivity index (χ2n) is 10.2. The van der Waals surface area contributed by atoms with Crippen LogP contribution in [-0.4, -0.2) is 56.9 Å². The summed E-state index contributed by atoms with van der Waals surface area (Å²) in [7, 11) is 0. The van der Waals surface area contributed by atoms with Crippen LogP contribution in [0.1, 0.15) is 54.3 Å². The summed E-state index contributed by atoms with van der Waals surface area (Å²) < 4.78 is 5.75. The lowest BCUT2D eigenvalue weighted by atomic mass is 9.94. The zero-order valence-electron chi connectivity index (χ0n) is 19.9. The standard InChI is InChI=1S/C28H18O11/c29-21-11-3-1-9(5-13(11)23(31)19(21)25(33)15-7-17(15)27(35)36)39-10-2-4-12-14(6-10)24(32)20(22(12)30)26(34)16-8-18(16)28(37)38/h1-6,15-20H,7-8H2,(H,35,36)(H,37,38)/t15-,16-,17-,18-,19?,20?/m1/s1. The third kappa shape index (κ3) is 3.72. The number of carboxylic acids is 2. The van der Waals surface area contributed by atoms with E-state index in [1.54, 1.807) is 0 Å². The predicted octanol–water partition coefficient (Wildman–Crippen LogP) is 2.05. The van der Waals surface area contributed by atoms with Crippen molar-refractivity contribution in [3.05, 3.63) is 58.7 Å². The minimum absolute atomic E-state index is 0.0223. The third-order valence-corrected chi connectivity index (χ3v) is 7.84. The topological polar surface area (TPSA) is 186 Å². The lowest BCUT2D eigenvalue weighted by molar-refractivity contribution is -0.140. The van der Waals surface area contributed by atoms with Gasteiger partial charge < -0.3 is 14.9 Å². The molecule has 11 heteroatoms. The molecule has 0 bridgehead atoms. The van der Waals surface area contributed by atoms with E-state index in [1.807, 2.05) is 0 Å². The molecule has 0 radical (unpaired) electrons. The number of benzene rings is 2. The van der Waals surface area contributed by atoms with Gasteiger partial charge in [-0.3, -0.25) is 38.4 Å². The van der Waals surface area contributed by atoms with E-state index in [2.05, 4.69) is 0 Å². The van der Waals surface area contributed by atoms with Crippen molar-refractivity contribution in [2.45, 2.75) is 12.8 Å². The van der Waals surface area contributed by atoms with E-state index in [0.29, 0.717) is 0 Å². The Labute approximate surface area is 218 Å². The Morgan fingerprint density at radius 2 is 0.923 bits per heavy atom. The molecule has 0 amide bonds. The first-order valence-electron chi connectivity index (χ1n) is 12.2. The van der Waals surface area contributed by atoms with Gasteiger partial charge in [0, 0.05) is 34.1 Å². The summed E-state index contributed by atoms with van der Waals surface area (Å²) in [5, 5.41) is 18.1. The molecule has 6 atom stereocenters. The van der Waals surface area contributed by atoms with Crippen LogP contribution in [0.2, 0.25) is 0 Å². The molecular formula is C28H18O11. The van der Waals surface area contributed by atoms with E-state index in [0.717, 1.165) is 0 Å². The van der Waals surface area contributed by atoms with Crippen LogP contribution >= 0.6 is 0 Å². The third-order valence-electron chi connectivity index (χ3n) is 7.84. The first-order valence-corrected chi connectivity index (χ1v) is 12.2. The molecule has 2 saturated carbocycles. The van der Waals surface area contributed by atoms with Gasteiger partial charge in [0.25, 0.3) is 0 Å². The number of aliphatic carboxylic acids is 2. The van der Waals surface area contributed by atoms with Gasteiger partial charge in [0.1, 0.15) is 23.3 Å². The number of Topliss-reactive ketones (excluding diaryl/α,β-unsaturated/α-hetero) is 6. The quantitative estimate of drug-likeness (QED) is 0.476. The molecule has 0 aromatic heterocycles. The summed E-state index contributed by atoms with van der Waals surface area (Å²) in [5.41, 5.74) is -0.0409. The maximum absolute atomic E-state index is 12.9. The van der Waals surface area contributed by atoms with Gasteiger partial charge in [-0.1, -0.05) is 0 Å². The van der Waals surface area contributed by atoms with Crippen molar-refractivity contribution >= 4 is 46.6 Å². The van der Waals surface area contributed by atoms with E-state index in [9.17, 15) is 38.4 Å². The summed E-state index contributed by atoms with van der Waals surface area (Å²) in [6.07, 6.45) is 0.172. The van der Waals surface area contributed by atoms with Gasteiger partial charge in [-0.05, 0) is 49.2 Å². The van der Waals surface area contributed by atoms with Crippen LogP contribution in [0.25, 0.3) is 0 Å². The van der Waals surface area contributed by atoms with Crippen LogP contribution < -0.4 is 4.74 Å². The highest BCUT2D eigenvalue weighted by atomic mass is 16.5. The maximum Gasteiger partial charge on any atom is 0.307 e. The predicted molar refractivity (Wildman–Crippen MR) is 126 cm³/mol. The van der Waals surface area contributed by atoms with Gasteiger partial charge in [0.15, 0.2) is 34.7 Å². The smallest absolute Gasteiger partial charge is 0.307 e. The fourth-order valence-electron chi connectivity index (χ4n) is 5.52. The molecule has 11 nitrogen and oxygen atoms in total. The van der Waals surface area contributed by atoms with Gasteiger partial charge in [0.05, 0.1) is 11.8 Å². The van der Waals surface area contributed by atoms with Crippen molar-refractivity contribution in [1.29, 1.82) is 0 Å². The van der Waals surface area contributed by atoms with Gasteiger partial charge in [0.2, 0.25) is 0 Å². The SMILES string of the molecule is O=C1c2ccc(Oc3ccc4c(c3)C(=O)C(C(=O)[C@@H]3C[C@H]3C(=O)O)C4=O)cc2C(=O)C1C(=O)[C@@H]1C[C@H]1C(=O)O. The highest BCUT2D eigenvalue weighted by Gasteiger charge is 2.56. The molecule has 2 fully saturated rings. The van der Waals surface area contributed by atoms with Crippen LogP contribution in [0.3, 0.4) is 0 Å². The van der Waals surface area contributed by atoms with Crippen molar-refractivity contribution in [3.63, 3.8) is 0 Å². The average molecular weight is 530 g/mol. The zero-order valence-corrected chi connectivity index (χ0v) is 19.9. The number of carboxylic acid groups (broad SMARTS) is 2. The van der Waals surface area contributed by atoms with E-state index >= 15 is 0 Å². The molecule has 0 heterocycles. The number of hydrogen-bond acceptors (Lipinski definition) is 9. The minimum Gasteiger partial charge on any atom is -0.481 e. The van der Waals surface area contributed by atoms with Crippen molar-refractivity contribution in [3.8, 4) is 11.5 Å². The minimum atomic E-state index is -1.59. The molecule has 39 heavy (non-hydrogen) atoms. The number of fused-ring (bicyclic) bond motifs is 2. The van der Waals surface area contributed by atoms with Crippen LogP contribution in [-0.2, 0) is 19.2 Å². The van der Waals surface area contributed by atoms with E-state index < -0.39 is 82.1 Å². The van der Waals surface area contributed by atoms with Crippen LogP contribution in [0.15, 0.2) is 36.4 Å². The van der Waals surface area contributed by atoms with Gasteiger partial charge >= 0.3 is 11.9 Å². The largest absolute Gasteiger partial charge is 0.481 e. The number of ketones is 6. The highest BCUT2D eigenvalue weighted by molar-refractivity contribution is 6.37. The molecular weight excluding hydrogens is 512 g/mol. The van der Waals surface area contributed by atoms with Crippen LogP contribution in [0.4, 0.5) is 0 Å². The Balaban J connectivity index is 1.20. The van der Waals surface area contributed by atoms with Crippen molar-refractivity contribution in [1.82, 2.24) is 0 Å². The highest BCUT2D eigenvalue weighted by Crippen LogP contribution is 2.45. The van der Waals surface area contributed by atoms with Crippen molar-refractivity contribution in [2.24, 2.45) is 35.5 Å². The lowest BCUT2D eigenvalue weighted by Gasteiger charge is -2.08. The summed E-state index contributed by atoms with van der Waals surface area (Å²) in [5.74, 6) is -13.1. The first-order chi connectivity index (χ1) is 18.5. The number of hydrogen-bond donors (Lipinski definition) is 2. The molecule has 6 rings (SSSR count). The summed E-state index contributed by atoms with van der Waals surface area (Å²) in [4.78, 5) is 98.9. The van der Waals surface area contributed by atoms with Crippen molar-refractivity contribution in [2.75, 3.05) is 0 Å². The van der Waals surface area contributed by atoms with Gasteiger partial charge in [-0.25, -0.2) is 0 Å². The number of ether oxygens (including phenoxy) is 1. The Morgan fingerprint density at radius 3 is 1.26 bits per heavy atom. The van der Waals surface area contributed by atoms with Crippen molar-refractivity contribution < 1.29 is 53.3 Å². The Bertz CT molecular complexity index is 1480. The van der Waals surface area contributed by atoms with E-state index in [1.165, 1.54) is 36.4 Å². The molecule has 4 aliphatic rings. The number of rotatable bonds is 8. The lowest BCUT2D eigenvalue weighted by Crippen LogP contribution is -2.28. The van der Waals surface area contributed by atoms with Crippen LogP contribution in [0, 0.1) is 35.5 Å². The average Bonchev–Trinajstić information content (AvgIpc) is 3.80. The Morgan fingerprint density at radius 1 is 0.564 bits per heavy atom. The zero-order chi connectivity index (χ0) is 27.9. The fraction of sp³-hybridized carbons (Fsp3) is 0.286. The maximum atomic E-state index is 12.9. The fourth-order valence-corrected chi connectivity index (χ4v) is 5.52.